The van der Waals surface area contributed by atoms with Crippen LogP contribution in [0.4, 0.5) is 16.0 Å². The largest absolute Gasteiger partial charge is 0.494 e. The van der Waals surface area contributed by atoms with Crippen LogP contribution in [-0.4, -0.2) is 60.3 Å². The average Bonchev–Trinajstić information content (AvgIpc) is 3.48. The Labute approximate surface area is 202 Å². The van der Waals surface area contributed by atoms with Crippen LogP contribution in [0.15, 0.2) is 24.5 Å². The third kappa shape index (κ3) is 3.83. The van der Waals surface area contributed by atoms with Gasteiger partial charge in [0.25, 0.3) is 0 Å². The maximum absolute atomic E-state index is 14.5. The minimum atomic E-state index is -0.553. The van der Waals surface area contributed by atoms with E-state index in [1.807, 2.05) is 30.9 Å². The molecular formula is C24H31FN8O2. The van der Waals surface area contributed by atoms with Crippen molar-refractivity contribution in [3.8, 4) is 5.75 Å². The van der Waals surface area contributed by atoms with E-state index in [2.05, 4.69) is 27.0 Å². The van der Waals surface area contributed by atoms with Crippen molar-refractivity contribution in [3.05, 3.63) is 36.2 Å². The van der Waals surface area contributed by atoms with Gasteiger partial charge in [-0.1, -0.05) is 0 Å². The summed E-state index contributed by atoms with van der Waals surface area (Å²) in [5.74, 6) is 0.493. The summed E-state index contributed by atoms with van der Waals surface area (Å²) in [7, 11) is 1.41. The van der Waals surface area contributed by atoms with Gasteiger partial charge in [0.1, 0.15) is 0 Å². The number of ether oxygens (including phenoxy) is 1. The van der Waals surface area contributed by atoms with Crippen LogP contribution in [0.3, 0.4) is 0 Å². The second-order valence-electron chi connectivity index (χ2n) is 9.93. The summed E-state index contributed by atoms with van der Waals surface area (Å²) in [4.78, 5) is 11.5. The number of rotatable bonds is 5. The van der Waals surface area contributed by atoms with Gasteiger partial charge >= 0.3 is 0 Å². The van der Waals surface area contributed by atoms with Crippen molar-refractivity contribution in [2.75, 3.05) is 24.3 Å². The quantitative estimate of drug-likeness (QED) is 0.445. The number of piperidine rings is 1. The van der Waals surface area contributed by atoms with Crippen molar-refractivity contribution >= 4 is 28.2 Å². The average molecular weight is 483 g/mol. The summed E-state index contributed by atoms with van der Waals surface area (Å²) in [5, 5.41) is 19.9. The second kappa shape index (κ2) is 8.33. The van der Waals surface area contributed by atoms with Gasteiger partial charge in [0.2, 0.25) is 5.95 Å². The van der Waals surface area contributed by atoms with Gasteiger partial charge in [-0.25, -0.2) is 14.4 Å². The van der Waals surface area contributed by atoms with Crippen LogP contribution >= 0.6 is 0 Å². The van der Waals surface area contributed by atoms with Gasteiger partial charge in [-0.3, -0.25) is 4.68 Å². The SMILES string of the molecule is COc1cc2nc(N)n3nc(C4CCC(C)N(c5cnn(C(C)(C)C(C)O)c5)C4)nc3c2cc1F. The topological polar surface area (TPSA) is 120 Å². The summed E-state index contributed by atoms with van der Waals surface area (Å²) < 4.78 is 22.8. The van der Waals surface area contributed by atoms with E-state index in [1.54, 1.807) is 6.92 Å². The molecule has 3 atom stereocenters. The first-order chi connectivity index (χ1) is 16.6. The highest BCUT2D eigenvalue weighted by molar-refractivity contribution is 5.93. The lowest BCUT2D eigenvalue weighted by Gasteiger charge is -2.38. The summed E-state index contributed by atoms with van der Waals surface area (Å²) in [6.45, 7) is 8.57. The molecule has 0 aliphatic carbocycles. The predicted molar refractivity (Wildman–Crippen MR) is 131 cm³/mol. The van der Waals surface area contributed by atoms with E-state index in [1.165, 1.54) is 23.8 Å². The van der Waals surface area contributed by atoms with Crippen LogP contribution in [0.5, 0.6) is 5.75 Å². The first kappa shape index (κ1) is 23.3. The summed E-state index contributed by atoms with van der Waals surface area (Å²) in [6.07, 6.45) is 5.13. The summed E-state index contributed by atoms with van der Waals surface area (Å²) >= 11 is 0. The smallest absolute Gasteiger partial charge is 0.223 e. The van der Waals surface area contributed by atoms with Gasteiger partial charge in [-0.15, -0.1) is 5.10 Å². The molecule has 1 aliphatic rings. The third-order valence-corrected chi connectivity index (χ3v) is 7.35. The number of methoxy groups -OCH3 is 1. The van der Waals surface area contributed by atoms with Crippen molar-refractivity contribution in [1.29, 1.82) is 0 Å². The number of nitrogen functional groups attached to an aromatic ring is 1. The zero-order chi connectivity index (χ0) is 25.1. The number of nitrogens with zero attached hydrogens (tertiary/aromatic N) is 7. The van der Waals surface area contributed by atoms with Crippen molar-refractivity contribution in [3.63, 3.8) is 0 Å². The number of aliphatic hydroxyl groups excluding tert-OH is 1. The number of anilines is 2. The lowest BCUT2D eigenvalue weighted by molar-refractivity contribution is 0.0647. The van der Waals surface area contributed by atoms with E-state index in [0.29, 0.717) is 35.0 Å². The van der Waals surface area contributed by atoms with E-state index < -0.39 is 17.5 Å². The lowest BCUT2D eigenvalue weighted by Crippen LogP contribution is -2.41. The van der Waals surface area contributed by atoms with Gasteiger partial charge in [0.15, 0.2) is 23.0 Å². The molecule has 11 heteroatoms. The fourth-order valence-electron chi connectivity index (χ4n) is 4.62. The Balaban J connectivity index is 1.49. The van der Waals surface area contributed by atoms with Crippen LogP contribution in [-0.2, 0) is 5.54 Å². The first-order valence-corrected chi connectivity index (χ1v) is 11.8. The fraction of sp³-hybridized carbons (Fsp3) is 0.500. The molecule has 10 nitrogen and oxygen atoms in total. The number of hydrogen-bond acceptors (Lipinski definition) is 8. The molecule has 35 heavy (non-hydrogen) atoms. The number of nitrogens with two attached hydrogens (primary N) is 1. The number of aromatic nitrogens is 6. The Bertz CT molecular complexity index is 1400. The molecule has 1 aromatic carbocycles. The highest BCUT2D eigenvalue weighted by Gasteiger charge is 2.32. The summed E-state index contributed by atoms with van der Waals surface area (Å²) in [5.41, 5.74) is 7.61. The molecule has 0 bridgehead atoms. The van der Waals surface area contributed by atoms with Crippen LogP contribution in [0, 0.1) is 5.82 Å². The first-order valence-electron chi connectivity index (χ1n) is 11.8. The fourth-order valence-corrected chi connectivity index (χ4v) is 4.62. The minimum absolute atomic E-state index is 0.0526. The Morgan fingerprint density at radius 1 is 1.26 bits per heavy atom. The molecule has 0 spiro atoms. The molecule has 5 rings (SSSR count). The normalized spacial score (nSPS) is 20.0. The molecule has 0 radical (unpaired) electrons. The van der Waals surface area contributed by atoms with Crippen molar-refractivity contribution < 1.29 is 14.2 Å². The maximum atomic E-state index is 14.5. The number of benzene rings is 1. The highest BCUT2D eigenvalue weighted by atomic mass is 19.1. The lowest BCUT2D eigenvalue weighted by atomic mass is 9.92. The molecule has 0 amide bonds. The number of aliphatic hydroxyl groups is 1. The van der Waals surface area contributed by atoms with E-state index in [9.17, 15) is 9.50 Å². The van der Waals surface area contributed by atoms with Crippen molar-refractivity contribution in [1.82, 2.24) is 29.4 Å². The zero-order valence-corrected chi connectivity index (χ0v) is 20.6. The maximum Gasteiger partial charge on any atom is 0.223 e. The van der Waals surface area contributed by atoms with Gasteiger partial charge < -0.3 is 20.5 Å². The van der Waals surface area contributed by atoms with Gasteiger partial charge in [0, 0.05) is 36.2 Å². The molecule has 1 fully saturated rings. The van der Waals surface area contributed by atoms with Crippen LogP contribution in [0.25, 0.3) is 16.6 Å². The standard InChI is InChI=1S/C24H31FN8O2/c1-13-6-7-15(11-31(13)16-10-27-32(12-16)24(3,4)14(2)34)21-29-22-17-8-18(25)20(35-5)9-19(17)28-23(26)33(22)30-21/h8-10,12-15,34H,6-7,11H2,1-5H3,(H2,26,28). The molecular weight excluding hydrogens is 451 g/mol. The molecule has 1 aliphatic heterocycles. The number of halogens is 1. The highest BCUT2D eigenvalue weighted by Crippen LogP contribution is 2.34. The molecule has 3 aromatic heterocycles. The molecule has 4 heterocycles. The van der Waals surface area contributed by atoms with Crippen LogP contribution in [0.2, 0.25) is 0 Å². The molecule has 3 N–H and O–H groups in total. The van der Waals surface area contributed by atoms with Gasteiger partial charge in [-0.2, -0.15) is 9.61 Å². The summed E-state index contributed by atoms with van der Waals surface area (Å²) in [6, 6.07) is 3.19. The predicted octanol–water partition coefficient (Wildman–Crippen LogP) is 3.09. The molecule has 1 saturated heterocycles. The molecule has 0 saturated carbocycles. The Morgan fingerprint density at radius 3 is 2.74 bits per heavy atom. The van der Waals surface area contributed by atoms with Crippen molar-refractivity contribution in [2.45, 2.75) is 64.1 Å². The Hall–Kier alpha value is -3.47. The minimum Gasteiger partial charge on any atom is -0.494 e. The van der Waals surface area contributed by atoms with E-state index in [4.69, 9.17) is 15.5 Å². The molecule has 4 aromatic rings. The Kier molecular flexibility index (Phi) is 5.54. The second-order valence-corrected chi connectivity index (χ2v) is 9.93. The van der Waals surface area contributed by atoms with Gasteiger partial charge in [0.05, 0.1) is 36.2 Å². The zero-order valence-electron chi connectivity index (χ0n) is 20.6. The molecule has 186 valence electrons. The van der Waals surface area contributed by atoms with E-state index >= 15 is 0 Å². The van der Waals surface area contributed by atoms with Crippen LogP contribution in [0.1, 0.15) is 52.3 Å². The number of fused-ring (bicyclic) bond motifs is 3. The third-order valence-electron chi connectivity index (χ3n) is 7.35. The Morgan fingerprint density at radius 2 is 2.03 bits per heavy atom. The number of hydrogen-bond donors (Lipinski definition) is 2. The van der Waals surface area contributed by atoms with Crippen molar-refractivity contribution in [2.24, 2.45) is 0 Å². The monoisotopic (exact) mass is 482 g/mol. The van der Waals surface area contributed by atoms with Gasteiger partial charge in [-0.05, 0) is 46.6 Å². The van der Waals surface area contributed by atoms with E-state index in [-0.39, 0.29) is 17.6 Å². The van der Waals surface area contributed by atoms with Crippen LogP contribution < -0.4 is 15.4 Å². The van der Waals surface area contributed by atoms with E-state index in [0.717, 1.165) is 18.5 Å². The molecule has 3 unspecified atom stereocenters.